The van der Waals surface area contributed by atoms with Gasteiger partial charge in [-0.15, -0.1) is 11.8 Å². The van der Waals surface area contributed by atoms with E-state index in [1.807, 2.05) is 6.92 Å². The fraction of sp³-hybridized carbons (Fsp3) is 0.688. The number of ketones is 1. The number of hydrogen-bond donors (Lipinski definition) is 3. The lowest BCUT2D eigenvalue weighted by Gasteiger charge is -2.46. The Hall–Kier alpha value is -1.38. The normalized spacial score (nSPS) is 36.6. The molecule has 0 spiro atoms. The van der Waals surface area contributed by atoms with Crippen molar-refractivity contribution < 1.29 is 24.6 Å². The summed E-state index contributed by atoms with van der Waals surface area (Å²) in [5.41, 5.74) is 0.0469. The van der Waals surface area contributed by atoms with Crippen LogP contribution in [0, 0.1) is 11.8 Å². The smallest absolute Gasteiger partial charge is 0.353 e. The highest BCUT2D eigenvalue weighted by Gasteiger charge is 2.60. The second-order valence-corrected chi connectivity index (χ2v) is 8.16. The minimum Gasteiger partial charge on any atom is -0.477 e. The van der Waals surface area contributed by atoms with E-state index in [2.05, 4.69) is 5.32 Å². The molecule has 2 unspecified atom stereocenters. The molecule has 24 heavy (non-hydrogen) atoms. The number of Topliss-reactive ketones (excluding diaryl/α,β-unsaturated/α-hetero) is 1. The first-order valence-electron chi connectivity index (χ1n) is 8.13. The summed E-state index contributed by atoms with van der Waals surface area (Å²) in [7, 11) is 0. The largest absolute Gasteiger partial charge is 0.477 e. The summed E-state index contributed by atoms with van der Waals surface area (Å²) in [6.45, 7) is 5.65. The van der Waals surface area contributed by atoms with Crippen LogP contribution in [0.15, 0.2) is 10.6 Å². The number of thioether (sulfide) groups is 1. The van der Waals surface area contributed by atoms with Crippen LogP contribution >= 0.6 is 11.8 Å². The molecule has 7 nitrogen and oxygen atoms in total. The second kappa shape index (κ2) is 6.16. The third kappa shape index (κ3) is 2.57. The van der Waals surface area contributed by atoms with E-state index in [0.717, 1.165) is 0 Å². The van der Waals surface area contributed by atoms with Gasteiger partial charge in [0.2, 0.25) is 5.91 Å². The van der Waals surface area contributed by atoms with E-state index >= 15 is 0 Å². The summed E-state index contributed by atoms with van der Waals surface area (Å²) >= 11 is 1.45. The van der Waals surface area contributed by atoms with Gasteiger partial charge in [-0.25, -0.2) is 4.79 Å². The molecule has 3 aliphatic heterocycles. The van der Waals surface area contributed by atoms with Crippen LogP contribution in [0.3, 0.4) is 0 Å². The van der Waals surface area contributed by atoms with Gasteiger partial charge in [-0.2, -0.15) is 0 Å². The van der Waals surface area contributed by atoms with Crippen molar-refractivity contribution in [1.82, 2.24) is 10.2 Å². The number of aliphatic hydroxyl groups is 1. The lowest BCUT2D eigenvalue weighted by atomic mass is 9.79. The maximum absolute atomic E-state index is 12.3. The summed E-state index contributed by atoms with van der Waals surface area (Å²) in [5, 5.41) is 22.7. The van der Waals surface area contributed by atoms with Gasteiger partial charge >= 0.3 is 5.97 Å². The van der Waals surface area contributed by atoms with Crippen LogP contribution in [-0.4, -0.2) is 62.8 Å². The molecule has 3 aliphatic rings. The number of carbonyl (C=O) groups is 3. The molecule has 0 aliphatic carbocycles. The van der Waals surface area contributed by atoms with Crippen LogP contribution in [0.5, 0.6) is 0 Å². The van der Waals surface area contributed by atoms with Gasteiger partial charge in [0, 0.05) is 22.6 Å². The minimum atomic E-state index is -1.11. The molecule has 0 aromatic carbocycles. The third-order valence-corrected chi connectivity index (χ3v) is 6.70. The standard InChI is InChI=1S/C16H22N2O5S/c1-6-12-11(8(3)20)15(21)18(12)13(16(22)23)14(6)24-9-4-10(7(2)19)17-5-9/h6,8-12,17,20H,4-5H2,1-3H3,(H,22,23)/t6-,8-,9?,10+,11-,12?/m1/s1. The van der Waals surface area contributed by atoms with E-state index < -0.39 is 18.0 Å². The molecule has 0 aromatic heterocycles. The Morgan fingerprint density at radius 3 is 2.58 bits per heavy atom. The average molecular weight is 354 g/mol. The number of rotatable bonds is 5. The van der Waals surface area contributed by atoms with Gasteiger partial charge in [-0.3, -0.25) is 9.59 Å². The molecule has 3 heterocycles. The van der Waals surface area contributed by atoms with Gasteiger partial charge in [0.15, 0.2) is 0 Å². The number of hydrogen-bond acceptors (Lipinski definition) is 6. The molecule has 8 heteroatoms. The second-order valence-electron chi connectivity index (χ2n) is 6.82. The molecule has 3 N–H and O–H groups in total. The number of amides is 1. The third-order valence-electron chi connectivity index (χ3n) is 5.19. The Balaban J connectivity index is 1.83. The SMILES string of the molecule is CC(=O)[C@@H]1CC(SC2=C(C(=O)O)N3C(=O)[C@H]([C@@H](C)O)C3[C@H]2C)CN1. The van der Waals surface area contributed by atoms with Crippen molar-refractivity contribution in [3.8, 4) is 0 Å². The van der Waals surface area contributed by atoms with Crippen LogP contribution in [0.25, 0.3) is 0 Å². The number of carboxylic acids is 1. The van der Waals surface area contributed by atoms with Crippen molar-refractivity contribution in [2.45, 2.75) is 50.6 Å². The number of aliphatic hydroxyl groups excluding tert-OH is 1. The van der Waals surface area contributed by atoms with E-state index in [4.69, 9.17) is 0 Å². The predicted molar refractivity (Wildman–Crippen MR) is 88.1 cm³/mol. The Morgan fingerprint density at radius 1 is 1.42 bits per heavy atom. The molecule has 132 valence electrons. The van der Waals surface area contributed by atoms with E-state index in [0.29, 0.717) is 17.9 Å². The number of nitrogens with zero attached hydrogens (tertiary/aromatic N) is 1. The number of β-lactam (4-membered cyclic amide) rings is 1. The number of carbonyl (C=O) groups excluding carboxylic acids is 2. The summed E-state index contributed by atoms with van der Waals surface area (Å²) in [4.78, 5) is 37.5. The van der Waals surface area contributed by atoms with Crippen LogP contribution in [-0.2, 0) is 14.4 Å². The molecule has 0 saturated carbocycles. The predicted octanol–water partition coefficient (Wildman–Crippen LogP) is 0.193. The van der Waals surface area contributed by atoms with Crippen molar-refractivity contribution in [2.24, 2.45) is 11.8 Å². The minimum absolute atomic E-state index is 0.0469. The van der Waals surface area contributed by atoms with Gasteiger partial charge in [0.1, 0.15) is 11.5 Å². The maximum atomic E-state index is 12.3. The van der Waals surface area contributed by atoms with Gasteiger partial charge in [0.25, 0.3) is 0 Å². The lowest BCUT2D eigenvalue weighted by Crippen LogP contribution is -2.63. The molecule has 2 saturated heterocycles. The van der Waals surface area contributed by atoms with Gasteiger partial charge in [-0.05, 0) is 20.3 Å². The molecular formula is C16H22N2O5S. The summed E-state index contributed by atoms with van der Waals surface area (Å²) in [6, 6.07) is -0.471. The van der Waals surface area contributed by atoms with Gasteiger partial charge in [-0.1, -0.05) is 6.92 Å². The van der Waals surface area contributed by atoms with Gasteiger partial charge in [0.05, 0.1) is 24.1 Å². The highest BCUT2D eigenvalue weighted by atomic mass is 32.2. The molecule has 0 bridgehead atoms. The first kappa shape index (κ1) is 17.4. The highest BCUT2D eigenvalue weighted by molar-refractivity contribution is 8.03. The van der Waals surface area contributed by atoms with Crippen molar-refractivity contribution in [2.75, 3.05) is 6.54 Å². The molecule has 2 fully saturated rings. The Bertz CT molecular complexity index is 632. The zero-order valence-corrected chi connectivity index (χ0v) is 14.7. The lowest BCUT2D eigenvalue weighted by molar-refractivity contribution is -0.163. The quantitative estimate of drug-likeness (QED) is 0.605. The first-order chi connectivity index (χ1) is 11.2. The number of fused-ring (bicyclic) bond motifs is 1. The van der Waals surface area contributed by atoms with E-state index in [1.165, 1.54) is 16.7 Å². The van der Waals surface area contributed by atoms with Crippen molar-refractivity contribution >= 4 is 29.4 Å². The van der Waals surface area contributed by atoms with E-state index in [1.54, 1.807) is 13.8 Å². The molecule has 3 rings (SSSR count). The summed E-state index contributed by atoms with van der Waals surface area (Å²) < 4.78 is 0. The summed E-state index contributed by atoms with van der Waals surface area (Å²) in [6.07, 6.45) is -0.141. The molecule has 0 radical (unpaired) electrons. The fourth-order valence-electron chi connectivity index (χ4n) is 3.96. The Kier molecular flexibility index (Phi) is 4.48. The average Bonchev–Trinajstić information content (AvgIpc) is 3.03. The van der Waals surface area contributed by atoms with Crippen LogP contribution < -0.4 is 5.32 Å². The van der Waals surface area contributed by atoms with Crippen LogP contribution in [0.4, 0.5) is 0 Å². The van der Waals surface area contributed by atoms with E-state index in [9.17, 15) is 24.6 Å². The molecular weight excluding hydrogens is 332 g/mol. The fourth-order valence-corrected chi connectivity index (χ4v) is 5.44. The topological polar surface area (TPSA) is 107 Å². The maximum Gasteiger partial charge on any atom is 0.353 e. The highest BCUT2D eigenvalue weighted by Crippen LogP contribution is 2.51. The first-order valence-corrected chi connectivity index (χ1v) is 9.01. The molecule has 6 atom stereocenters. The van der Waals surface area contributed by atoms with Crippen molar-refractivity contribution in [1.29, 1.82) is 0 Å². The Morgan fingerprint density at radius 2 is 2.08 bits per heavy atom. The van der Waals surface area contributed by atoms with E-state index in [-0.39, 0.29) is 40.6 Å². The zero-order chi connectivity index (χ0) is 17.8. The van der Waals surface area contributed by atoms with Crippen molar-refractivity contribution in [3.63, 3.8) is 0 Å². The Labute approximate surface area is 144 Å². The monoisotopic (exact) mass is 354 g/mol. The van der Waals surface area contributed by atoms with Gasteiger partial charge < -0.3 is 20.4 Å². The number of carboxylic acid groups (broad SMARTS) is 1. The number of nitrogens with one attached hydrogen (secondary N) is 1. The van der Waals surface area contributed by atoms with Crippen LogP contribution in [0.2, 0.25) is 0 Å². The van der Waals surface area contributed by atoms with Crippen LogP contribution in [0.1, 0.15) is 27.2 Å². The summed E-state index contributed by atoms with van der Waals surface area (Å²) in [5.74, 6) is -2.02. The zero-order valence-electron chi connectivity index (χ0n) is 13.9. The van der Waals surface area contributed by atoms with Crippen molar-refractivity contribution in [3.05, 3.63) is 10.6 Å². The molecule has 1 amide bonds. The molecule has 0 aromatic rings. The number of aliphatic carboxylic acids is 1.